The van der Waals surface area contributed by atoms with Gasteiger partial charge in [0.25, 0.3) is 0 Å². The van der Waals surface area contributed by atoms with Crippen molar-refractivity contribution in [2.24, 2.45) is 0 Å². The SMILES string of the molecule is CCCC(C)NC(CC)c1ccc2c(c1)CCO2. The summed E-state index contributed by atoms with van der Waals surface area (Å²) in [5, 5.41) is 3.73. The first-order valence-corrected chi connectivity index (χ1v) is 7.26. The third-order valence-electron chi connectivity index (χ3n) is 3.73. The zero-order chi connectivity index (χ0) is 13.0. The Morgan fingerprint density at radius 2 is 2.17 bits per heavy atom. The number of fused-ring (bicyclic) bond motifs is 1. The molecule has 0 spiro atoms. The van der Waals surface area contributed by atoms with Crippen LogP contribution in [0.15, 0.2) is 18.2 Å². The van der Waals surface area contributed by atoms with Gasteiger partial charge in [-0.25, -0.2) is 0 Å². The molecule has 1 aliphatic rings. The highest BCUT2D eigenvalue weighted by Crippen LogP contribution is 2.29. The van der Waals surface area contributed by atoms with Crippen LogP contribution in [0.1, 0.15) is 57.2 Å². The summed E-state index contributed by atoms with van der Waals surface area (Å²) in [7, 11) is 0. The van der Waals surface area contributed by atoms with Crippen molar-refractivity contribution >= 4 is 0 Å². The number of ether oxygens (including phenoxy) is 1. The lowest BCUT2D eigenvalue weighted by molar-refractivity contribution is 0.356. The Bertz CT molecular complexity index is 389. The molecule has 1 aromatic rings. The normalized spacial score (nSPS) is 17.1. The topological polar surface area (TPSA) is 21.3 Å². The van der Waals surface area contributed by atoms with E-state index in [0.29, 0.717) is 12.1 Å². The van der Waals surface area contributed by atoms with Crippen molar-refractivity contribution in [3.63, 3.8) is 0 Å². The fraction of sp³-hybridized carbons (Fsp3) is 0.625. The lowest BCUT2D eigenvalue weighted by Crippen LogP contribution is -2.30. The lowest BCUT2D eigenvalue weighted by atomic mass is 9.99. The maximum absolute atomic E-state index is 5.57. The summed E-state index contributed by atoms with van der Waals surface area (Å²) in [5.41, 5.74) is 2.78. The van der Waals surface area contributed by atoms with Gasteiger partial charge in [-0.15, -0.1) is 0 Å². The molecule has 1 aromatic carbocycles. The van der Waals surface area contributed by atoms with E-state index in [4.69, 9.17) is 4.74 Å². The first-order valence-electron chi connectivity index (χ1n) is 7.26. The van der Waals surface area contributed by atoms with Gasteiger partial charge in [-0.05, 0) is 37.0 Å². The molecule has 0 saturated carbocycles. The largest absolute Gasteiger partial charge is 0.493 e. The molecular weight excluding hydrogens is 222 g/mol. The molecule has 0 amide bonds. The molecule has 0 fully saturated rings. The Kier molecular flexibility index (Phi) is 4.65. The predicted octanol–water partition coefficient (Wildman–Crippen LogP) is 3.85. The third-order valence-corrected chi connectivity index (χ3v) is 3.73. The Morgan fingerprint density at radius 3 is 2.89 bits per heavy atom. The van der Waals surface area contributed by atoms with Gasteiger partial charge in [0.2, 0.25) is 0 Å². The smallest absolute Gasteiger partial charge is 0.122 e. The van der Waals surface area contributed by atoms with E-state index in [9.17, 15) is 0 Å². The summed E-state index contributed by atoms with van der Waals surface area (Å²) in [6.07, 6.45) is 4.67. The second-order valence-corrected chi connectivity index (χ2v) is 5.28. The standard InChI is InChI=1S/C16H25NO/c1-4-6-12(3)17-15(5-2)13-7-8-16-14(11-13)9-10-18-16/h7-8,11-12,15,17H,4-6,9-10H2,1-3H3. The van der Waals surface area contributed by atoms with Crippen molar-refractivity contribution in [2.45, 2.75) is 58.5 Å². The first kappa shape index (κ1) is 13.4. The summed E-state index contributed by atoms with van der Waals surface area (Å²) >= 11 is 0. The van der Waals surface area contributed by atoms with Gasteiger partial charge in [-0.3, -0.25) is 0 Å². The molecule has 2 unspecified atom stereocenters. The van der Waals surface area contributed by atoms with Crippen LogP contribution in [0.4, 0.5) is 0 Å². The van der Waals surface area contributed by atoms with Gasteiger partial charge < -0.3 is 10.1 Å². The first-order chi connectivity index (χ1) is 8.74. The zero-order valence-corrected chi connectivity index (χ0v) is 11.8. The fourth-order valence-electron chi connectivity index (χ4n) is 2.73. The van der Waals surface area contributed by atoms with Crippen molar-refractivity contribution in [3.05, 3.63) is 29.3 Å². The van der Waals surface area contributed by atoms with Crippen molar-refractivity contribution < 1.29 is 4.74 Å². The van der Waals surface area contributed by atoms with E-state index in [1.807, 2.05) is 0 Å². The van der Waals surface area contributed by atoms with Crippen molar-refractivity contribution in [1.82, 2.24) is 5.32 Å². The van der Waals surface area contributed by atoms with Gasteiger partial charge >= 0.3 is 0 Å². The number of benzene rings is 1. The van der Waals surface area contributed by atoms with Gasteiger partial charge in [0.1, 0.15) is 5.75 Å². The molecular formula is C16H25NO. The zero-order valence-electron chi connectivity index (χ0n) is 11.8. The molecule has 0 radical (unpaired) electrons. The van der Waals surface area contributed by atoms with Gasteiger partial charge in [0.15, 0.2) is 0 Å². The van der Waals surface area contributed by atoms with Crippen molar-refractivity contribution in [3.8, 4) is 5.75 Å². The highest BCUT2D eigenvalue weighted by atomic mass is 16.5. The number of nitrogens with one attached hydrogen (secondary N) is 1. The molecule has 2 heteroatoms. The average molecular weight is 247 g/mol. The van der Waals surface area contributed by atoms with Crippen LogP contribution < -0.4 is 10.1 Å². The van der Waals surface area contributed by atoms with E-state index in [-0.39, 0.29) is 0 Å². The summed E-state index contributed by atoms with van der Waals surface area (Å²) < 4.78 is 5.57. The molecule has 0 aliphatic carbocycles. The van der Waals surface area contributed by atoms with E-state index in [0.717, 1.165) is 25.2 Å². The molecule has 100 valence electrons. The number of hydrogen-bond donors (Lipinski definition) is 1. The quantitative estimate of drug-likeness (QED) is 0.824. The minimum atomic E-state index is 0.470. The summed E-state index contributed by atoms with van der Waals surface area (Å²) in [4.78, 5) is 0. The summed E-state index contributed by atoms with van der Waals surface area (Å²) in [6, 6.07) is 7.72. The Balaban J connectivity index is 2.07. The molecule has 2 rings (SSSR count). The van der Waals surface area contributed by atoms with Crippen molar-refractivity contribution in [1.29, 1.82) is 0 Å². The van der Waals surface area contributed by atoms with Gasteiger partial charge in [0.05, 0.1) is 6.61 Å². The van der Waals surface area contributed by atoms with Crippen LogP contribution in [-0.2, 0) is 6.42 Å². The van der Waals surface area contributed by atoms with E-state index in [1.165, 1.54) is 24.0 Å². The monoisotopic (exact) mass is 247 g/mol. The van der Waals surface area contributed by atoms with Gasteiger partial charge in [0, 0.05) is 18.5 Å². The maximum atomic E-state index is 5.57. The molecule has 1 N–H and O–H groups in total. The minimum absolute atomic E-state index is 0.470. The molecule has 0 bridgehead atoms. The van der Waals surface area contributed by atoms with Crippen LogP contribution in [0, 0.1) is 0 Å². The molecule has 18 heavy (non-hydrogen) atoms. The van der Waals surface area contributed by atoms with Crippen molar-refractivity contribution in [2.75, 3.05) is 6.61 Å². The highest BCUT2D eigenvalue weighted by Gasteiger charge is 2.17. The highest BCUT2D eigenvalue weighted by molar-refractivity contribution is 5.40. The molecule has 1 aliphatic heterocycles. The summed E-state index contributed by atoms with van der Waals surface area (Å²) in [6.45, 7) is 7.61. The third kappa shape index (κ3) is 3.05. The van der Waals surface area contributed by atoms with Gasteiger partial charge in [-0.2, -0.15) is 0 Å². The van der Waals surface area contributed by atoms with E-state index >= 15 is 0 Å². The second-order valence-electron chi connectivity index (χ2n) is 5.28. The molecule has 2 nitrogen and oxygen atoms in total. The van der Waals surface area contributed by atoms with Crippen LogP contribution in [-0.4, -0.2) is 12.6 Å². The Morgan fingerprint density at radius 1 is 1.33 bits per heavy atom. The minimum Gasteiger partial charge on any atom is -0.493 e. The van der Waals surface area contributed by atoms with E-state index in [2.05, 4.69) is 44.3 Å². The molecule has 2 atom stereocenters. The van der Waals surface area contributed by atoms with Gasteiger partial charge in [-0.1, -0.05) is 32.4 Å². The number of rotatable bonds is 6. The van der Waals surface area contributed by atoms with Crippen LogP contribution in [0.25, 0.3) is 0 Å². The number of hydrogen-bond acceptors (Lipinski definition) is 2. The summed E-state index contributed by atoms with van der Waals surface area (Å²) in [5.74, 6) is 1.08. The average Bonchev–Trinajstić information content (AvgIpc) is 2.83. The van der Waals surface area contributed by atoms with Crippen LogP contribution in [0.5, 0.6) is 5.75 Å². The Labute approximate surface area is 111 Å². The van der Waals surface area contributed by atoms with E-state index < -0.39 is 0 Å². The van der Waals surface area contributed by atoms with Crippen LogP contribution in [0.3, 0.4) is 0 Å². The maximum Gasteiger partial charge on any atom is 0.122 e. The Hall–Kier alpha value is -1.02. The molecule has 0 saturated heterocycles. The predicted molar refractivity (Wildman–Crippen MR) is 76.2 cm³/mol. The molecule has 0 aromatic heterocycles. The second kappa shape index (κ2) is 6.24. The van der Waals surface area contributed by atoms with Crippen LogP contribution in [0.2, 0.25) is 0 Å². The van der Waals surface area contributed by atoms with Crippen LogP contribution >= 0.6 is 0 Å². The van der Waals surface area contributed by atoms with E-state index in [1.54, 1.807) is 0 Å². The fourth-order valence-corrected chi connectivity index (χ4v) is 2.73. The lowest BCUT2D eigenvalue weighted by Gasteiger charge is -2.23. The molecule has 1 heterocycles.